The first-order valence-electron chi connectivity index (χ1n) is 10.1. The zero-order valence-electron chi connectivity index (χ0n) is 18.7. The van der Waals surface area contributed by atoms with E-state index in [0.29, 0.717) is 0 Å². The van der Waals surface area contributed by atoms with Gasteiger partial charge in [-0.2, -0.15) is 0 Å². The Morgan fingerprint density at radius 3 is 2.20 bits per heavy atom. The third kappa shape index (κ3) is 7.24. The SMILES string of the molecule is CC(C)(C)NC(=O)[C@@H]1CN(C(=O)OCc2ccccc2)CCN1C(=O)OC(C)(C)C. The Hall–Kier alpha value is -2.77. The lowest BCUT2D eigenvalue weighted by molar-refractivity contribution is -0.129. The lowest BCUT2D eigenvalue weighted by Crippen LogP contribution is -2.63. The molecule has 8 heteroatoms. The molecule has 3 amide bonds. The second-order valence-corrected chi connectivity index (χ2v) is 9.41. The second-order valence-electron chi connectivity index (χ2n) is 9.41. The van der Waals surface area contributed by atoms with Crippen molar-refractivity contribution in [2.45, 2.75) is 65.3 Å². The van der Waals surface area contributed by atoms with Gasteiger partial charge in [0.25, 0.3) is 0 Å². The van der Waals surface area contributed by atoms with Crippen molar-refractivity contribution in [2.24, 2.45) is 0 Å². The Morgan fingerprint density at radius 1 is 1.00 bits per heavy atom. The number of nitrogens with zero attached hydrogens (tertiary/aromatic N) is 2. The molecule has 1 heterocycles. The van der Waals surface area contributed by atoms with E-state index in [1.807, 2.05) is 51.1 Å². The van der Waals surface area contributed by atoms with Crippen LogP contribution in [-0.2, 0) is 20.9 Å². The minimum atomic E-state index is -0.864. The van der Waals surface area contributed by atoms with Gasteiger partial charge in [0.1, 0.15) is 18.2 Å². The molecule has 1 N–H and O–H groups in total. The van der Waals surface area contributed by atoms with Crippen LogP contribution in [0.1, 0.15) is 47.1 Å². The summed E-state index contributed by atoms with van der Waals surface area (Å²) in [6.07, 6.45) is -1.09. The fraction of sp³-hybridized carbons (Fsp3) is 0.591. The fourth-order valence-corrected chi connectivity index (χ4v) is 2.98. The van der Waals surface area contributed by atoms with E-state index in [2.05, 4.69) is 5.32 Å². The van der Waals surface area contributed by atoms with E-state index in [4.69, 9.17) is 9.47 Å². The summed E-state index contributed by atoms with van der Waals surface area (Å²) in [5.74, 6) is -0.339. The third-order valence-corrected chi connectivity index (χ3v) is 4.27. The first kappa shape index (κ1) is 23.5. The molecule has 2 rings (SSSR count). The van der Waals surface area contributed by atoms with Gasteiger partial charge in [-0.15, -0.1) is 0 Å². The summed E-state index contributed by atoms with van der Waals surface area (Å²) in [6.45, 7) is 11.5. The molecule has 0 aliphatic carbocycles. The Bertz CT molecular complexity index is 752. The lowest BCUT2D eigenvalue weighted by Gasteiger charge is -2.41. The molecule has 1 aliphatic heterocycles. The number of piperazine rings is 1. The monoisotopic (exact) mass is 419 g/mol. The second kappa shape index (κ2) is 9.36. The first-order valence-corrected chi connectivity index (χ1v) is 10.1. The quantitative estimate of drug-likeness (QED) is 0.813. The molecule has 0 unspecified atom stereocenters. The molecule has 166 valence electrons. The van der Waals surface area contributed by atoms with Gasteiger partial charge in [0.2, 0.25) is 5.91 Å². The molecule has 1 aliphatic rings. The number of benzene rings is 1. The van der Waals surface area contributed by atoms with Crippen LogP contribution in [0.15, 0.2) is 30.3 Å². The van der Waals surface area contributed by atoms with Crippen LogP contribution in [-0.4, -0.2) is 64.7 Å². The highest BCUT2D eigenvalue weighted by Crippen LogP contribution is 2.18. The van der Waals surface area contributed by atoms with Gasteiger partial charge in [-0.25, -0.2) is 9.59 Å². The van der Waals surface area contributed by atoms with Gasteiger partial charge >= 0.3 is 12.2 Å². The Labute approximate surface area is 178 Å². The van der Waals surface area contributed by atoms with Gasteiger partial charge in [0.15, 0.2) is 0 Å². The zero-order chi connectivity index (χ0) is 22.5. The van der Waals surface area contributed by atoms with Crippen LogP contribution in [0.25, 0.3) is 0 Å². The van der Waals surface area contributed by atoms with Crippen LogP contribution in [0.5, 0.6) is 0 Å². The third-order valence-electron chi connectivity index (χ3n) is 4.27. The Morgan fingerprint density at radius 2 is 1.63 bits per heavy atom. The number of hydrogen-bond donors (Lipinski definition) is 1. The molecule has 8 nitrogen and oxygen atoms in total. The number of ether oxygens (including phenoxy) is 2. The van der Waals surface area contributed by atoms with E-state index in [1.165, 1.54) is 9.80 Å². The average Bonchev–Trinajstić information content (AvgIpc) is 2.63. The van der Waals surface area contributed by atoms with Crippen molar-refractivity contribution in [1.82, 2.24) is 15.1 Å². The van der Waals surface area contributed by atoms with Crippen molar-refractivity contribution in [3.63, 3.8) is 0 Å². The lowest BCUT2D eigenvalue weighted by atomic mass is 10.1. The summed E-state index contributed by atoms with van der Waals surface area (Å²) < 4.78 is 10.9. The smallest absolute Gasteiger partial charge is 0.411 e. The molecule has 0 bridgehead atoms. The van der Waals surface area contributed by atoms with Crippen molar-refractivity contribution >= 4 is 18.1 Å². The van der Waals surface area contributed by atoms with Crippen LogP contribution in [0.4, 0.5) is 9.59 Å². The molecule has 0 radical (unpaired) electrons. The van der Waals surface area contributed by atoms with E-state index < -0.39 is 29.4 Å². The number of carbonyl (C=O) groups excluding carboxylic acids is 3. The topological polar surface area (TPSA) is 88.2 Å². The highest BCUT2D eigenvalue weighted by Gasteiger charge is 2.40. The Balaban J connectivity index is 2.09. The summed E-state index contributed by atoms with van der Waals surface area (Å²) in [5.41, 5.74) is -0.291. The van der Waals surface area contributed by atoms with E-state index in [1.54, 1.807) is 20.8 Å². The number of carbonyl (C=O) groups is 3. The van der Waals surface area contributed by atoms with Gasteiger partial charge < -0.3 is 19.7 Å². The molecule has 1 aromatic carbocycles. The van der Waals surface area contributed by atoms with Crippen molar-refractivity contribution in [1.29, 1.82) is 0 Å². The average molecular weight is 420 g/mol. The Kier molecular flexibility index (Phi) is 7.34. The molecular formula is C22H33N3O5. The summed E-state index contributed by atoms with van der Waals surface area (Å²) in [6, 6.07) is 8.50. The van der Waals surface area contributed by atoms with Crippen molar-refractivity contribution in [3.05, 3.63) is 35.9 Å². The normalized spacial score (nSPS) is 17.3. The van der Waals surface area contributed by atoms with Crippen LogP contribution < -0.4 is 5.32 Å². The minimum absolute atomic E-state index is 0.0365. The van der Waals surface area contributed by atoms with Gasteiger partial charge in [0.05, 0.1) is 6.54 Å². The minimum Gasteiger partial charge on any atom is -0.445 e. The van der Waals surface area contributed by atoms with Crippen molar-refractivity contribution < 1.29 is 23.9 Å². The summed E-state index contributed by atoms with van der Waals surface area (Å²) in [4.78, 5) is 41.0. The number of rotatable bonds is 3. The van der Waals surface area contributed by atoms with Gasteiger partial charge in [-0.05, 0) is 47.1 Å². The molecule has 1 atom stereocenters. The molecule has 1 aromatic rings. The molecule has 0 aromatic heterocycles. The number of nitrogens with one attached hydrogen (secondary N) is 1. The first-order chi connectivity index (χ1) is 13.9. The predicted molar refractivity (Wildman–Crippen MR) is 113 cm³/mol. The fourth-order valence-electron chi connectivity index (χ4n) is 2.98. The molecule has 1 fully saturated rings. The molecule has 0 saturated carbocycles. The van der Waals surface area contributed by atoms with Crippen molar-refractivity contribution in [2.75, 3.05) is 19.6 Å². The zero-order valence-corrected chi connectivity index (χ0v) is 18.7. The largest absolute Gasteiger partial charge is 0.445 e. The molecule has 0 spiro atoms. The van der Waals surface area contributed by atoms with Crippen LogP contribution in [0.3, 0.4) is 0 Å². The highest BCUT2D eigenvalue weighted by atomic mass is 16.6. The maximum Gasteiger partial charge on any atom is 0.411 e. The summed E-state index contributed by atoms with van der Waals surface area (Å²) in [7, 11) is 0. The summed E-state index contributed by atoms with van der Waals surface area (Å²) >= 11 is 0. The van der Waals surface area contributed by atoms with E-state index in [0.717, 1.165) is 5.56 Å². The maximum atomic E-state index is 12.9. The van der Waals surface area contributed by atoms with Crippen molar-refractivity contribution in [3.8, 4) is 0 Å². The van der Waals surface area contributed by atoms with Gasteiger partial charge in [-0.1, -0.05) is 30.3 Å². The number of hydrogen-bond acceptors (Lipinski definition) is 5. The van der Waals surface area contributed by atoms with Crippen LogP contribution in [0, 0.1) is 0 Å². The van der Waals surface area contributed by atoms with Crippen LogP contribution >= 0.6 is 0 Å². The van der Waals surface area contributed by atoms with E-state index in [9.17, 15) is 14.4 Å². The standard InChI is InChI=1S/C22H33N3O5/c1-21(2,3)23-18(26)17-14-24(12-13-25(17)20(28)30-22(4,5)6)19(27)29-15-16-10-8-7-9-11-16/h7-11,17H,12-15H2,1-6H3,(H,23,26)/t17-/m0/s1. The maximum absolute atomic E-state index is 12.9. The molecule has 30 heavy (non-hydrogen) atoms. The van der Waals surface area contributed by atoms with Gasteiger partial charge in [0, 0.05) is 18.6 Å². The predicted octanol–water partition coefficient (Wildman–Crippen LogP) is 3.16. The van der Waals surface area contributed by atoms with E-state index >= 15 is 0 Å². The number of amides is 3. The molecular weight excluding hydrogens is 386 g/mol. The summed E-state index contributed by atoms with van der Waals surface area (Å²) in [5, 5.41) is 2.89. The van der Waals surface area contributed by atoms with Gasteiger partial charge in [-0.3, -0.25) is 9.69 Å². The van der Waals surface area contributed by atoms with E-state index in [-0.39, 0.29) is 32.1 Å². The van der Waals surface area contributed by atoms with Crippen LogP contribution in [0.2, 0.25) is 0 Å². The highest BCUT2D eigenvalue weighted by molar-refractivity contribution is 5.87. The molecule has 1 saturated heterocycles.